The molecule has 0 spiro atoms. The van der Waals surface area contributed by atoms with Crippen LogP contribution in [0.1, 0.15) is 38.5 Å². The average molecular weight is 470 g/mol. The van der Waals surface area contributed by atoms with Crippen LogP contribution in [-0.4, -0.2) is 61.8 Å². The predicted molar refractivity (Wildman–Crippen MR) is 97.1 cm³/mol. The molecule has 176 valence electrons. The van der Waals surface area contributed by atoms with Crippen molar-refractivity contribution in [1.82, 2.24) is 0 Å². The lowest BCUT2D eigenvalue weighted by molar-refractivity contribution is -0.174. The van der Waals surface area contributed by atoms with Gasteiger partial charge in [0.2, 0.25) is 5.25 Å². The second kappa shape index (κ2) is 8.18. The summed E-state index contributed by atoms with van der Waals surface area (Å²) in [4.78, 5) is 25.3. The first-order valence-electron chi connectivity index (χ1n) is 10.5. The molecule has 8 nitrogen and oxygen atoms in total. The van der Waals surface area contributed by atoms with Gasteiger partial charge in [0.1, 0.15) is 12.7 Å². The number of fused-ring (bicyclic) bond motifs is 1. The Morgan fingerprint density at radius 2 is 1.71 bits per heavy atom. The minimum absolute atomic E-state index is 0.135. The van der Waals surface area contributed by atoms with Gasteiger partial charge in [-0.3, -0.25) is 14.1 Å². The van der Waals surface area contributed by atoms with E-state index in [1.54, 1.807) is 0 Å². The van der Waals surface area contributed by atoms with Gasteiger partial charge in [-0.15, -0.1) is 0 Å². The van der Waals surface area contributed by atoms with E-state index >= 15 is 0 Å². The van der Waals surface area contributed by atoms with Crippen LogP contribution in [0, 0.1) is 29.6 Å². The highest BCUT2D eigenvalue weighted by atomic mass is 32.2. The summed E-state index contributed by atoms with van der Waals surface area (Å²) in [5.41, 5.74) is 0. The van der Waals surface area contributed by atoms with Crippen molar-refractivity contribution in [3.63, 3.8) is 0 Å². The molecule has 1 N–H and O–H groups in total. The molecule has 4 aliphatic rings. The molecule has 0 aromatic heterocycles. The predicted octanol–water partition coefficient (Wildman–Crippen LogP) is 2.12. The number of hydrogen-bond donors (Lipinski definition) is 1. The van der Waals surface area contributed by atoms with E-state index in [0.29, 0.717) is 37.7 Å². The average Bonchev–Trinajstić information content (AvgIpc) is 3.29. The number of ether oxygens (including phenoxy) is 3. The van der Waals surface area contributed by atoms with Crippen molar-refractivity contribution >= 4 is 22.1 Å². The van der Waals surface area contributed by atoms with E-state index in [9.17, 15) is 31.2 Å². The van der Waals surface area contributed by atoms with Crippen LogP contribution >= 0.6 is 0 Å². The van der Waals surface area contributed by atoms with Crippen LogP contribution in [0.15, 0.2) is 0 Å². The molecule has 1 aliphatic heterocycles. The normalized spacial score (nSPS) is 38.1. The number of esters is 2. The van der Waals surface area contributed by atoms with Gasteiger partial charge >= 0.3 is 18.1 Å². The van der Waals surface area contributed by atoms with Crippen molar-refractivity contribution in [2.24, 2.45) is 29.6 Å². The van der Waals surface area contributed by atoms with E-state index < -0.39 is 51.9 Å². The Kier molecular flexibility index (Phi) is 6.01. The molecule has 0 aromatic rings. The van der Waals surface area contributed by atoms with Gasteiger partial charge in [0, 0.05) is 0 Å². The van der Waals surface area contributed by atoms with E-state index in [-0.39, 0.29) is 24.5 Å². The first-order valence-corrected chi connectivity index (χ1v) is 12.0. The summed E-state index contributed by atoms with van der Waals surface area (Å²) < 4.78 is 85.6. The Morgan fingerprint density at radius 3 is 2.32 bits per heavy atom. The Hall–Kier alpha value is -1.40. The highest BCUT2D eigenvalue weighted by molar-refractivity contribution is 7.86. The Balaban J connectivity index is 1.39. The van der Waals surface area contributed by atoms with E-state index in [0.717, 1.165) is 12.8 Å². The lowest BCUT2D eigenvalue weighted by Gasteiger charge is -2.32. The number of rotatable bonds is 6. The van der Waals surface area contributed by atoms with Gasteiger partial charge in [0.15, 0.2) is 0 Å². The number of carbonyl (C=O) groups excluding carboxylic acids is 2. The Labute approximate surface area is 177 Å². The maximum absolute atomic E-state index is 12.9. The second-order valence-electron chi connectivity index (χ2n) is 9.03. The number of alkyl halides is 3. The molecule has 31 heavy (non-hydrogen) atoms. The third-order valence-electron chi connectivity index (χ3n) is 7.22. The summed E-state index contributed by atoms with van der Waals surface area (Å²) in [6, 6.07) is 0. The molecule has 0 aromatic carbocycles. The standard InChI is InChI=1S/C19H25F3O8S/c20-19(21,22)14(31(25,26)27)8-29-17(23)11-3-1-2-4-12(11)18(24)30-15-9-5-10-7-28-16(15)13(10)6-9/h9-16H,1-8H2,(H,25,26,27). The quantitative estimate of drug-likeness (QED) is 0.464. The number of hydrogen-bond acceptors (Lipinski definition) is 7. The Bertz CT molecular complexity index is 826. The summed E-state index contributed by atoms with van der Waals surface area (Å²) >= 11 is 0. The monoisotopic (exact) mass is 470 g/mol. The summed E-state index contributed by atoms with van der Waals surface area (Å²) in [5, 5.41) is -3.24. The smallest absolute Gasteiger partial charge is 0.411 e. The van der Waals surface area contributed by atoms with Crippen LogP contribution in [0.25, 0.3) is 0 Å². The van der Waals surface area contributed by atoms with E-state index in [1.165, 1.54) is 0 Å². The molecule has 2 bridgehead atoms. The SMILES string of the molecule is O=C(OCC(C(F)(F)F)S(=O)(=O)O)C1CCCCC1C(=O)OC1C2CC3COC1C3C2. The maximum atomic E-state index is 12.9. The van der Waals surface area contributed by atoms with Crippen LogP contribution in [0.4, 0.5) is 13.2 Å². The zero-order valence-corrected chi connectivity index (χ0v) is 17.4. The minimum Gasteiger partial charge on any atom is -0.464 e. The van der Waals surface area contributed by atoms with Gasteiger partial charge < -0.3 is 14.2 Å². The van der Waals surface area contributed by atoms with Crippen molar-refractivity contribution in [1.29, 1.82) is 0 Å². The summed E-state index contributed by atoms with van der Waals surface area (Å²) in [6.45, 7) is -0.907. The van der Waals surface area contributed by atoms with Crippen LogP contribution in [0.2, 0.25) is 0 Å². The molecule has 3 aliphatic carbocycles. The highest BCUT2D eigenvalue weighted by Gasteiger charge is 2.59. The first kappa shape index (κ1) is 22.8. The summed E-state index contributed by atoms with van der Waals surface area (Å²) in [6.07, 6.45) is -2.16. The molecule has 1 saturated heterocycles. The molecule has 8 atom stereocenters. The van der Waals surface area contributed by atoms with E-state index in [1.807, 2.05) is 0 Å². The van der Waals surface area contributed by atoms with Crippen LogP contribution in [0.5, 0.6) is 0 Å². The number of halogens is 3. The second-order valence-corrected chi connectivity index (χ2v) is 10.6. The third kappa shape index (κ3) is 4.43. The van der Waals surface area contributed by atoms with Crippen molar-refractivity contribution < 1.29 is 49.9 Å². The van der Waals surface area contributed by atoms with Gasteiger partial charge in [0.05, 0.1) is 24.5 Å². The van der Waals surface area contributed by atoms with Gasteiger partial charge in [-0.25, -0.2) is 0 Å². The fourth-order valence-electron chi connectivity index (χ4n) is 5.72. The molecule has 12 heteroatoms. The van der Waals surface area contributed by atoms with Crippen LogP contribution in [0.3, 0.4) is 0 Å². The molecule has 8 unspecified atom stereocenters. The van der Waals surface area contributed by atoms with E-state index in [2.05, 4.69) is 4.74 Å². The zero-order valence-electron chi connectivity index (χ0n) is 16.6. The molecule has 0 amide bonds. The molecule has 4 fully saturated rings. The van der Waals surface area contributed by atoms with Crippen LogP contribution < -0.4 is 0 Å². The molecule has 0 radical (unpaired) electrons. The highest BCUT2D eigenvalue weighted by Crippen LogP contribution is 2.55. The van der Waals surface area contributed by atoms with E-state index in [4.69, 9.17) is 14.0 Å². The van der Waals surface area contributed by atoms with Crippen LogP contribution in [-0.2, 0) is 33.9 Å². The van der Waals surface area contributed by atoms with Gasteiger partial charge in [-0.05, 0) is 43.4 Å². The third-order valence-corrected chi connectivity index (χ3v) is 8.35. The van der Waals surface area contributed by atoms with Crippen molar-refractivity contribution in [3.8, 4) is 0 Å². The largest absolute Gasteiger partial charge is 0.464 e. The lowest BCUT2D eigenvalue weighted by Crippen LogP contribution is -2.43. The molecular weight excluding hydrogens is 445 g/mol. The fraction of sp³-hybridized carbons (Fsp3) is 0.895. The first-order chi connectivity index (χ1) is 14.5. The zero-order chi connectivity index (χ0) is 22.6. The van der Waals surface area contributed by atoms with Gasteiger partial charge in [-0.2, -0.15) is 21.6 Å². The number of carbonyl (C=O) groups is 2. The topological polar surface area (TPSA) is 116 Å². The summed E-state index contributed by atoms with van der Waals surface area (Å²) in [5.74, 6) is -2.46. The minimum atomic E-state index is -5.51. The summed E-state index contributed by atoms with van der Waals surface area (Å²) in [7, 11) is -5.51. The lowest BCUT2D eigenvalue weighted by atomic mass is 9.79. The Morgan fingerprint density at radius 1 is 1.06 bits per heavy atom. The molecule has 3 saturated carbocycles. The van der Waals surface area contributed by atoms with Crippen molar-refractivity contribution in [2.75, 3.05) is 13.2 Å². The van der Waals surface area contributed by atoms with Crippen molar-refractivity contribution in [2.45, 2.75) is 62.2 Å². The fourth-order valence-corrected chi connectivity index (χ4v) is 6.30. The maximum Gasteiger partial charge on any atom is 0.411 e. The van der Waals surface area contributed by atoms with Crippen molar-refractivity contribution in [3.05, 3.63) is 0 Å². The molecule has 1 heterocycles. The van der Waals surface area contributed by atoms with Gasteiger partial charge in [-0.1, -0.05) is 12.8 Å². The molecule has 4 rings (SSSR count). The molecular formula is C19H25F3O8S. The van der Waals surface area contributed by atoms with Gasteiger partial charge in [0.25, 0.3) is 10.1 Å².